The molecule has 2 saturated carbocycles. The van der Waals surface area contributed by atoms with E-state index in [1.54, 1.807) is 12.1 Å². The third-order valence-corrected chi connectivity index (χ3v) is 7.13. The van der Waals surface area contributed by atoms with Crippen molar-refractivity contribution in [1.29, 1.82) is 0 Å². The summed E-state index contributed by atoms with van der Waals surface area (Å²) in [6.07, 6.45) is 2.01. The molecule has 3 fully saturated rings. The first-order valence-corrected chi connectivity index (χ1v) is 9.63. The molecule has 2 aliphatic carbocycles. The lowest BCUT2D eigenvalue weighted by atomic mass is 9.73. The number of halogens is 1. The summed E-state index contributed by atoms with van der Waals surface area (Å²) in [5.41, 5.74) is 2.75. The van der Waals surface area contributed by atoms with Gasteiger partial charge in [0.2, 0.25) is 11.8 Å². The normalized spacial score (nSPS) is 32.4. The lowest BCUT2D eigenvalue weighted by molar-refractivity contribution is -0.123. The summed E-state index contributed by atoms with van der Waals surface area (Å²) in [6.45, 7) is 1.87. The molecule has 0 aromatic heterocycles. The minimum Gasteiger partial charge on any atom is -0.274 e. The van der Waals surface area contributed by atoms with Crippen molar-refractivity contribution in [3.63, 3.8) is 0 Å². The van der Waals surface area contributed by atoms with Crippen molar-refractivity contribution in [3.05, 3.63) is 64.7 Å². The second-order valence-electron chi connectivity index (χ2n) is 7.86. The molecule has 4 heteroatoms. The summed E-state index contributed by atoms with van der Waals surface area (Å²) in [5.74, 6) is 0.600. The van der Waals surface area contributed by atoms with E-state index in [-0.39, 0.29) is 29.6 Å². The number of carbonyl (C=O) groups excluding carboxylic acids is 2. The van der Waals surface area contributed by atoms with E-state index in [1.807, 2.05) is 19.1 Å². The van der Waals surface area contributed by atoms with Gasteiger partial charge in [-0.15, -0.1) is 0 Å². The molecule has 5 atom stereocenters. The third kappa shape index (κ3) is 2.07. The van der Waals surface area contributed by atoms with Gasteiger partial charge >= 0.3 is 0 Å². The van der Waals surface area contributed by atoms with Crippen molar-refractivity contribution in [2.24, 2.45) is 23.7 Å². The van der Waals surface area contributed by atoms with Gasteiger partial charge in [-0.05, 0) is 60.8 Å². The summed E-state index contributed by atoms with van der Waals surface area (Å²) in [6, 6.07) is 15.9. The highest BCUT2D eigenvalue weighted by molar-refractivity contribution is 6.32. The minimum atomic E-state index is -0.176. The van der Waals surface area contributed by atoms with Crippen LogP contribution in [0.25, 0.3) is 0 Å². The van der Waals surface area contributed by atoms with Crippen LogP contribution < -0.4 is 4.90 Å². The molecular weight excluding hydrogens is 346 g/mol. The second kappa shape index (κ2) is 5.68. The Morgan fingerprint density at radius 3 is 2.42 bits per heavy atom. The summed E-state index contributed by atoms with van der Waals surface area (Å²) in [7, 11) is 0. The Bertz CT molecular complexity index is 910. The molecule has 0 N–H and O–H groups in total. The van der Waals surface area contributed by atoms with Crippen LogP contribution in [0.3, 0.4) is 0 Å². The van der Waals surface area contributed by atoms with Crippen LogP contribution in [-0.4, -0.2) is 11.8 Å². The molecule has 26 heavy (non-hydrogen) atoms. The molecule has 0 spiro atoms. The molecule has 3 nitrogen and oxygen atoms in total. The number of hydrogen-bond donors (Lipinski definition) is 0. The van der Waals surface area contributed by atoms with Gasteiger partial charge in [0.1, 0.15) is 0 Å². The Morgan fingerprint density at radius 1 is 0.923 bits per heavy atom. The summed E-state index contributed by atoms with van der Waals surface area (Å²) in [4.78, 5) is 27.9. The van der Waals surface area contributed by atoms with E-state index >= 15 is 0 Å². The third-order valence-electron chi connectivity index (χ3n) is 6.72. The van der Waals surface area contributed by atoms with E-state index in [9.17, 15) is 9.59 Å². The number of carbonyl (C=O) groups is 2. The van der Waals surface area contributed by atoms with E-state index in [2.05, 4.69) is 24.3 Å². The van der Waals surface area contributed by atoms with E-state index in [1.165, 1.54) is 10.5 Å². The number of rotatable bonds is 2. The molecule has 2 aromatic carbocycles. The molecule has 2 aromatic rings. The molecular formula is C22H20ClNO2. The largest absolute Gasteiger partial charge is 0.274 e. The fourth-order valence-corrected chi connectivity index (χ4v) is 5.79. The summed E-state index contributed by atoms with van der Waals surface area (Å²) < 4.78 is 0. The Labute approximate surface area is 158 Å². The molecule has 2 amide bonds. The van der Waals surface area contributed by atoms with Crippen LogP contribution in [0.4, 0.5) is 5.69 Å². The van der Waals surface area contributed by atoms with Crippen LogP contribution in [0.2, 0.25) is 5.02 Å². The molecule has 0 radical (unpaired) electrons. The molecule has 132 valence electrons. The zero-order valence-corrected chi connectivity index (χ0v) is 15.3. The highest BCUT2D eigenvalue weighted by Crippen LogP contribution is 2.62. The molecule has 5 rings (SSSR count). The van der Waals surface area contributed by atoms with Crippen LogP contribution in [0, 0.1) is 30.6 Å². The Morgan fingerprint density at radius 2 is 1.65 bits per heavy atom. The van der Waals surface area contributed by atoms with Crippen molar-refractivity contribution >= 4 is 29.1 Å². The van der Waals surface area contributed by atoms with Crippen LogP contribution in [0.15, 0.2) is 48.5 Å². The number of benzene rings is 2. The monoisotopic (exact) mass is 365 g/mol. The standard InChI is InChI=1S/C22H20ClNO2/c1-12-17(23)8-5-9-18(12)24-21(25)19-14-10-15(13-6-3-2-4-7-13)16(11-14)20(19)22(24)26/h2-9,14-16,19-20H,10-11H2,1H3/t14-,15+,16+,19+,20-/m0/s1. The smallest absolute Gasteiger partial charge is 0.238 e. The maximum Gasteiger partial charge on any atom is 0.238 e. The van der Waals surface area contributed by atoms with Crippen molar-refractivity contribution in [1.82, 2.24) is 0 Å². The van der Waals surface area contributed by atoms with Crippen LogP contribution in [0.1, 0.15) is 29.9 Å². The van der Waals surface area contributed by atoms with Gasteiger partial charge in [0.25, 0.3) is 0 Å². The maximum absolute atomic E-state index is 13.3. The SMILES string of the molecule is Cc1c(Cl)cccc1N1C(=O)[C@@H]2[C@@H]3C[C@@H]([C@@H]2C1=O)[C@@H](c1ccccc1)C3. The number of anilines is 1. The summed E-state index contributed by atoms with van der Waals surface area (Å²) in [5, 5.41) is 0.588. The van der Waals surface area contributed by atoms with Gasteiger partial charge in [-0.3, -0.25) is 9.59 Å². The van der Waals surface area contributed by atoms with Crippen LogP contribution in [0.5, 0.6) is 0 Å². The van der Waals surface area contributed by atoms with Gasteiger partial charge < -0.3 is 0 Å². The fourth-order valence-electron chi connectivity index (χ4n) is 5.62. The fraction of sp³-hybridized carbons (Fsp3) is 0.364. The highest BCUT2D eigenvalue weighted by atomic mass is 35.5. The topological polar surface area (TPSA) is 37.4 Å². The number of nitrogens with zero attached hydrogens (tertiary/aromatic N) is 1. The van der Waals surface area contributed by atoms with Crippen molar-refractivity contribution < 1.29 is 9.59 Å². The average Bonchev–Trinajstić information content (AvgIpc) is 3.31. The second-order valence-corrected chi connectivity index (χ2v) is 8.27. The zero-order valence-electron chi connectivity index (χ0n) is 14.6. The van der Waals surface area contributed by atoms with E-state index in [0.717, 1.165) is 18.4 Å². The van der Waals surface area contributed by atoms with E-state index in [4.69, 9.17) is 11.6 Å². The molecule has 2 bridgehead atoms. The lowest BCUT2D eigenvalue weighted by Crippen LogP contribution is -2.33. The van der Waals surface area contributed by atoms with Gasteiger partial charge in [-0.25, -0.2) is 4.90 Å². The Balaban J connectivity index is 1.52. The number of fused-ring (bicyclic) bond motifs is 5. The maximum atomic E-state index is 13.3. The first-order valence-electron chi connectivity index (χ1n) is 9.26. The molecule has 0 unspecified atom stereocenters. The van der Waals surface area contributed by atoms with Crippen molar-refractivity contribution in [3.8, 4) is 0 Å². The number of amides is 2. The molecule has 1 heterocycles. The Kier molecular flexibility index (Phi) is 3.51. The van der Waals surface area contributed by atoms with Gasteiger partial charge in [0, 0.05) is 5.02 Å². The van der Waals surface area contributed by atoms with Gasteiger partial charge in [-0.1, -0.05) is 48.0 Å². The summed E-state index contributed by atoms with van der Waals surface area (Å²) >= 11 is 6.23. The first-order chi connectivity index (χ1) is 12.6. The predicted octanol–water partition coefficient (Wildman–Crippen LogP) is 4.58. The molecule has 3 aliphatic rings. The van der Waals surface area contributed by atoms with Crippen LogP contribution in [-0.2, 0) is 9.59 Å². The zero-order chi connectivity index (χ0) is 18.0. The Hall–Kier alpha value is -2.13. The van der Waals surface area contributed by atoms with Crippen molar-refractivity contribution in [2.75, 3.05) is 4.90 Å². The van der Waals surface area contributed by atoms with Gasteiger partial charge in [0.15, 0.2) is 0 Å². The lowest BCUT2D eigenvalue weighted by Gasteiger charge is -2.28. The van der Waals surface area contributed by atoms with Crippen LogP contribution >= 0.6 is 11.6 Å². The highest BCUT2D eigenvalue weighted by Gasteiger charge is 2.64. The number of imide groups is 1. The van der Waals surface area contributed by atoms with Gasteiger partial charge in [0.05, 0.1) is 17.5 Å². The van der Waals surface area contributed by atoms with E-state index in [0.29, 0.717) is 22.5 Å². The minimum absolute atomic E-state index is 0.0237. The van der Waals surface area contributed by atoms with E-state index < -0.39 is 0 Å². The van der Waals surface area contributed by atoms with Crippen molar-refractivity contribution in [2.45, 2.75) is 25.7 Å². The quantitative estimate of drug-likeness (QED) is 0.730. The predicted molar refractivity (Wildman–Crippen MR) is 101 cm³/mol. The number of hydrogen-bond acceptors (Lipinski definition) is 2. The first kappa shape index (κ1) is 16.1. The molecule has 1 aliphatic heterocycles. The average molecular weight is 366 g/mol. The van der Waals surface area contributed by atoms with Gasteiger partial charge in [-0.2, -0.15) is 0 Å². The molecule has 1 saturated heterocycles.